The van der Waals surface area contributed by atoms with E-state index in [4.69, 9.17) is 10.5 Å². The zero-order chi connectivity index (χ0) is 15.5. The quantitative estimate of drug-likeness (QED) is 0.803. The molecule has 22 heavy (non-hydrogen) atoms. The van der Waals surface area contributed by atoms with Crippen molar-refractivity contribution in [3.05, 3.63) is 54.6 Å². The minimum Gasteiger partial charge on any atom is -0.481 e. The molecule has 0 unspecified atom stereocenters. The number of aromatic nitrogens is 3. The number of pyridine rings is 1. The van der Waals surface area contributed by atoms with E-state index in [2.05, 4.69) is 21.0 Å². The van der Waals surface area contributed by atoms with Gasteiger partial charge >= 0.3 is 0 Å². The van der Waals surface area contributed by atoms with Crippen molar-refractivity contribution in [2.24, 2.45) is 0 Å². The molecule has 0 aliphatic carbocycles. The third kappa shape index (κ3) is 2.74. The van der Waals surface area contributed by atoms with E-state index in [-0.39, 0.29) is 0 Å². The summed E-state index contributed by atoms with van der Waals surface area (Å²) in [5.41, 5.74) is 11.3. The third-order valence-electron chi connectivity index (χ3n) is 3.43. The Morgan fingerprint density at radius 2 is 1.82 bits per heavy atom. The van der Waals surface area contributed by atoms with Crippen molar-refractivity contribution < 1.29 is 4.74 Å². The van der Waals surface area contributed by atoms with Gasteiger partial charge in [0.2, 0.25) is 5.88 Å². The lowest BCUT2D eigenvalue weighted by Crippen LogP contribution is -1.93. The molecule has 0 amide bonds. The third-order valence-corrected chi connectivity index (χ3v) is 3.43. The van der Waals surface area contributed by atoms with Crippen molar-refractivity contribution in [1.29, 1.82) is 0 Å². The second-order valence-electron chi connectivity index (χ2n) is 4.93. The molecule has 3 rings (SSSR count). The molecule has 5 heteroatoms. The van der Waals surface area contributed by atoms with E-state index in [0.29, 0.717) is 11.6 Å². The molecular formula is C17H16N4O. The van der Waals surface area contributed by atoms with Crippen molar-refractivity contribution in [3.8, 4) is 28.3 Å². The average molecular weight is 292 g/mol. The number of benzene rings is 1. The Labute approximate surface area is 128 Å². The molecule has 2 N–H and O–H groups in total. The molecule has 0 atom stereocenters. The van der Waals surface area contributed by atoms with Gasteiger partial charge in [0, 0.05) is 22.9 Å². The average Bonchev–Trinajstić information content (AvgIpc) is 2.57. The van der Waals surface area contributed by atoms with E-state index in [1.54, 1.807) is 13.3 Å². The van der Waals surface area contributed by atoms with Crippen molar-refractivity contribution in [2.75, 3.05) is 12.8 Å². The molecule has 110 valence electrons. The summed E-state index contributed by atoms with van der Waals surface area (Å²) in [4.78, 5) is 12.6. The van der Waals surface area contributed by atoms with Crippen LogP contribution in [-0.4, -0.2) is 22.1 Å². The van der Waals surface area contributed by atoms with Gasteiger partial charge in [-0.05, 0) is 24.6 Å². The number of methoxy groups -OCH3 is 1. The maximum Gasteiger partial charge on any atom is 0.216 e. The Morgan fingerprint density at radius 1 is 1.00 bits per heavy atom. The highest BCUT2D eigenvalue weighted by Gasteiger charge is 2.07. The van der Waals surface area contributed by atoms with Gasteiger partial charge in [-0.3, -0.25) is 4.98 Å². The summed E-state index contributed by atoms with van der Waals surface area (Å²) in [5, 5.41) is 0. The molecule has 0 saturated heterocycles. The van der Waals surface area contributed by atoms with Crippen LogP contribution in [0.2, 0.25) is 0 Å². The molecule has 0 spiro atoms. The minimum absolute atomic E-state index is 0.539. The Balaban J connectivity index is 2.07. The van der Waals surface area contributed by atoms with Gasteiger partial charge in [0.25, 0.3) is 0 Å². The number of anilines is 1. The number of nitrogens with zero attached hydrogens (tertiary/aromatic N) is 3. The van der Waals surface area contributed by atoms with Gasteiger partial charge < -0.3 is 10.5 Å². The lowest BCUT2D eigenvalue weighted by Gasteiger charge is -2.09. The van der Waals surface area contributed by atoms with Crippen molar-refractivity contribution in [2.45, 2.75) is 6.92 Å². The van der Waals surface area contributed by atoms with Crippen LogP contribution >= 0.6 is 0 Å². The molecule has 0 aliphatic rings. The van der Waals surface area contributed by atoms with E-state index >= 15 is 0 Å². The number of nitrogens with two attached hydrogens (primary N) is 1. The SMILES string of the molecule is COc1cc(-c2cccc(-c3cc(N)cnc3C)c2)ncn1. The lowest BCUT2D eigenvalue weighted by atomic mass is 10.0. The zero-order valence-electron chi connectivity index (χ0n) is 12.4. The molecule has 0 aliphatic heterocycles. The molecule has 0 fully saturated rings. The van der Waals surface area contributed by atoms with E-state index in [1.165, 1.54) is 6.33 Å². The molecule has 1 aromatic carbocycles. The Bertz CT molecular complexity index is 817. The Morgan fingerprint density at radius 3 is 2.64 bits per heavy atom. The first-order chi connectivity index (χ1) is 10.7. The van der Waals surface area contributed by atoms with Gasteiger partial charge in [-0.2, -0.15) is 0 Å². The van der Waals surface area contributed by atoms with E-state index in [9.17, 15) is 0 Å². The summed E-state index contributed by atoms with van der Waals surface area (Å²) < 4.78 is 5.15. The normalized spacial score (nSPS) is 10.5. The van der Waals surface area contributed by atoms with Crippen LogP contribution in [0.4, 0.5) is 5.69 Å². The van der Waals surface area contributed by atoms with Gasteiger partial charge in [0.05, 0.1) is 24.7 Å². The summed E-state index contributed by atoms with van der Waals surface area (Å²) in [6, 6.07) is 11.8. The molecule has 3 aromatic rings. The smallest absolute Gasteiger partial charge is 0.216 e. The number of rotatable bonds is 3. The van der Waals surface area contributed by atoms with Crippen LogP contribution in [0, 0.1) is 6.92 Å². The van der Waals surface area contributed by atoms with Crippen molar-refractivity contribution in [1.82, 2.24) is 15.0 Å². The second-order valence-corrected chi connectivity index (χ2v) is 4.93. The van der Waals surface area contributed by atoms with Crippen LogP contribution in [0.3, 0.4) is 0 Å². The van der Waals surface area contributed by atoms with Gasteiger partial charge in [0.15, 0.2) is 0 Å². The largest absolute Gasteiger partial charge is 0.481 e. The number of aryl methyl sites for hydroxylation is 1. The van der Waals surface area contributed by atoms with Gasteiger partial charge in [-0.15, -0.1) is 0 Å². The summed E-state index contributed by atoms with van der Waals surface area (Å²) in [7, 11) is 1.59. The maximum absolute atomic E-state index is 5.85. The van der Waals surface area contributed by atoms with Crippen LogP contribution in [0.5, 0.6) is 5.88 Å². The molecular weight excluding hydrogens is 276 g/mol. The first kappa shape index (κ1) is 14.0. The monoisotopic (exact) mass is 292 g/mol. The van der Waals surface area contributed by atoms with Gasteiger partial charge in [0.1, 0.15) is 6.33 Å². The van der Waals surface area contributed by atoms with Crippen LogP contribution in [0.15, 0.2) is 48.9 Å². The highest BCUT2D eigenvalue weighted by Crippen LogP contribution is 2.28. The Kier molecular flexibility index (Phi) is 3.70. The van der Waals surface area contributed by atoms with Crippen LogP contribution in [0.1, 0.15) is 5.69 Å². The predicted octanol–water partition coefficient (Wildman–Crippen LogP) is 3.10. The number of hydrogen-bond donors (Lipinski definition) is 1. The molecule has 2 aromatic heterocycles. The minimum atomic E-state index is 0.539. The first-order valence-corrected chi connectivity index (χ1v) is 6.86. The maximum atomic E-state index is 5.85. The summed E-state index contributed by atoms with van der Waals surface area (Å²) >= 11 is 0. The molecule has 0 saturated carbocycles. The number of nitrogen functional groups attached to an aromatic ring is 1. The van der Waals surface area contributed by atoms with Crippen molar-refractivity contribution in [3.63, 3.8) is 0 Å². The standard InChI is InChI=1S/C17H16N4O/c1-11-15(7-14(18)9-19-11)12-4-3-5-13(6-12)16-8-17(22-2)21-10-20-16/h3-10H,18H2,1-2H3. The highest BCUT2D eigenvalue weighted by molar-refractivity contribution is 5.74. The predicted molar refractivity (Wildman–Crippen MR) is 86.4 cm³/mol. The fraction of sp³-hybridized carbons (Fsp3) is 0.118. The lowest BCUT2D eigenvalue weighted by molar-refractivity contribution is 0.397. The van der Waals surface area contributed by atoms with E-state index < -0.39 is 0 Å². The van der Waals surface area contributed by atoms with Crippen LogP contribution < -0.4 is 10.5 Å². The molecule has 0 radical (unpaired) electrons. The topological polar surface area (TPSA) is 73.9 Å². The summed E-state index contributed by atoms with van der Waals surface area (Å²) in [5.74, 6) is 0.539. The fourth-order valence-electron chi connectivity index (χ4n) is 2.30. The zero-order valence-corrected chi connectivity index (χ0v) is 12.4. The fourth-order valence-corrected chi connectivity index (χ4v) is 2.30. The first-order valence-electron chi connectivity index (χ1n) is 6.86. The van der Waals surface area contributed by atoms with Gasteiger partial charge in [-0.25, -0.2) is 9.97 Å². The number of ether oxygens (including phenoxy) is 1. The van der Waals surface area contributed by atoms with E-state index in [0.717, 1.165) is 28.1 Å². The summed E-state index contributed by atoms with van der Waals surface area (Å²) in [6.45, 7) is 1.97. The summed E-state index contributed by atoms with van der Waals surface area (Å²) in [6.07, 6.45) is 3.16. The van der Waals surface area contributed by atoms with E-state index in [1.807, 2.05) is 37.3 Å². The van der Waals surface area contributed by atoms with Crippen LogP contribution in [-0.2, 0) is 0 Å². The van der Waals surface area contributed by atoms with Crippen molar-refractivity contribution >= 4 is 5.69 Å². The second kappa shape index (κ2) is 5.81. The highest BCUT2D eigenvalue weighted by atomic mass is 16.5. The Hall–Kier alpha value is -2.95. The molecule has 0 bridgehead atoms. The van der Waals surface area contributed by atoms with Gasteiger partial charge in [-0.1, -0.05) is 18.2 Å². The molecule has 2 heterocycles. The number of hydrogen-bond acceptors (Lipinski definition) is 5. The van der Waals surface area contributed by atoms with Crippen LogP contribution in [0.25, 0.3) is 22.4 Å². The molecule has 5 nitrogen and oxygen atoms in total.